The number of hydrogen-bond donors (Lipinski definition) is 2. The van der Waals surface area contributed by atoms with Gasteiger partial charge in [0.25, 0.3) is 0 Å². The maximum Gasteiger partial charge on any atom is 0.111 e. The zero-order valence-electron chi connectivity index (χ0n) is 11.5. The zero-order chi connectivity index (χ0) is 13.9. The first-order valence-corrected chi connectivity index (χ1v) is 6.65. The number of benzene rings is 2. The van der Waals surface area contributed by atoms with Crippen molar-refractivity contribution in [3.8, 4) is 0 Å². The highest BCUT2D eigenvalue weighted by Gasteiger charge is 2.40. The van der Waals surface area contributed by atoms with E-state index in [1.165, 1.54) is 0 Å². The van der Waals surface area contributed by atoms with Gasteiger partial charge >= 0.3 is 0 Å². The molecule has 2 aromatic rings. The average Bonchev–Trinajstić information content (AvgIpc) is 2.47. The SMILES string of the molecule is CC(C)C(O)(c1ccccc1)C(N)c1ccccc1. The number of rotatable bonds is 4. The molecule has 0 bridgehead atoms. The number of nitrogens with two attached hydrogens (primary N) is 1. The van der Waals surface area contributed by atoms with Crippen molar-refractivity contribution in [2.45, 2.75) is 25.5 Å². The van der Waals surface area contributed by atoms with E-state index in [9.17, 15) is 5.11 Å². The topological polar surface area (TPSA) is 46.2 Å². The first kappa shape index (κ1) is 13.8. The van der Waals surface area contributed by atoms with Crippen LogP contribution in [0.1, 0.15) is 31.0 Å². The Morgan fingerprint density at radius 1 is 0.895 bits per heavy atom. The molecule has 0 heterocycles. The predicted molar refractivity (Wildman–Crippen MR) is 78.5 cm³/mol. The van der Waals surface area contributed by atoms with Gasteiger partial charge < -0.3 is 10.8 Å². The van der Waals surface area contributed by atoms with E-state index in [0.717, 1.165) is 11.1 Å². The van der Waals surface area contributed by atoms with E-state index in [1.807, 2.05) is 74.5 Å². The fraction of sp³-hybridized carbons (Fsp3) is 0.294. The maximum absolute atomic E-state index is 11.2. The van der Waals surface area contributed by atoms with Crippen molar-refractivity contribution in [2.75, 3.05) is 0 Å². The Hall–Kier alpha value is -1.64. The van der Waals surface area contributed by atoms with Gasteiger partial charge in [0.2, 0.25) is 0 Å². The highest BCUT2D eigenvalue weighted by molar-refractivity contribution is 5.30. The minimum absolute atomic E-state index is 0.0186. The Morgan fingerprint density at radius 2 is 1.37 bits per heavy atom. The lowest BCUT2D eigenvalue weighted by molar-refractivity contribution is -0.0358. The molecule has 2 aromatic carbocycles. The molecule has 0 saturated heterocycles. The second-order valence-electron chi connectivity index (χ2n) is 5.23. The smallest absolute Gasteiger partial charge is 0.111 e. The molecule has 100 valence electrons. The molecule has 3 N–H and O–H groups in total. The minimum atomic E-state index is -1.07. The van der Waals surface area contributed by atoms with E-state index < -0.39 is 11.6 Å². The van der Waals surface area contributed by atoms with Gasteiger partial charge in [-0.05, 0) is 17.0 Å². The van der Waals surface area contributed by atoms with Crippen molar-refractivity contribution in [1.82, 2.24) is 0 Å². The van der Waals surface area contributed by atoms with Crippen LogP contribution in [0.25, 0.3) is 0 Å². The fourth-order valence-electron chi connectivity index (χ4n) is 2.49. The van der Waals surface area contributed by atoms with Gasteiger partial charge in [-0.3, -0.25) is 0 Å². The molecule has 2 nitrogen and oxygen atoms in total. The van der Waals surface area contributed by atoms with E-state index in [0.29, 0.717) is 0 Å². The third-order valence-electron chi connectivity index (χ3n) is 3.75. The molecule has 0 saturated carbocycles. The molecule has 2 heteroatoms. The first-order valence-electron chi connectivity index (χ1n) is 6.65. The Bertz CT molecular complexity index is 509. The third-order valence-corrected chi connectivity index (χ3v) is 3.75. The van der Waals surface area contributed by atoms with Crippen LogP contribution < -0.4 is 5.73 Å². The van der Waals surface area contributed by atoms with Gasteiger partial charge in [0.1, 0.15) is 5.60 Å². The van der Waals surface area contributed by atoms with Gasteiger partial charge in [0.05, 0.1) is 6.04 Å². The summed E-state index contributed by atoms with van der Waals surface area (Å²) >= 11 is 0. The van der Waals surface area contributed by atoms with Crippen LogP contribution in [0.5, 0.6) is 0 Å². The van der Waals surface area contributed by atoms with Crippen LogP contribution in [0.2, 0.25) is 0 Å². The number of aliphatic hydroxyl groups is 1. The summed E-state index contributed by atoms with van der Waals surface area (Å²) in [6, 6.07) is 19.0. The van der Waals surface area contributed by atoms with E-state index in [4.69, 9.17) is 5.73 Å². The van der Waals surface area contributed by atoms with Gasteiger partial charge in [-0.15, -0.1) is 0 Å². The molecule has 0 aromatic heterocycles. The second-order valence-corrected chi connectivity index (χ2v) is 5.23. The normalized spacial score (nSPS) is 16.1. The van der Waals surface area contributed by atoms with E-state index in [1.54, 1.807) is 0 Å². The third kappa shape index (κ3) is 2.55. The predicted octanol–water partition coefficient (Wildman–Crippen LogP) is 3.23. The summed E-state index contributed by atoms with van der Waals surface area (Å²) in [6.07, 6.45) is 0. The molecule has 0 radical (unpaired) electrons. The van der Waals surface area contributed by atoms with Crippen molar-refractivity contribution < 1.29 is 5.11 Å². The molecule has 2 atom stereocenters. The fourth-order valence-corrected chi connectivity index (χ4v) is 2.49. The Kier molecular flexibility index (Phi) is 4.03. The van der Waals surface area contributed by atoms with Crippen LogP contribution in [0.3, 0.4) is 0 Å². The molecule has 0 amide bonds. The molecule has 0 aliphatic rings. The first-order chi connectivity index (χ1) is 9.06. The summed E-state index contributed by atoms with van der Waals surface area (Å²) in [4.78, 5) is 0. The quantitative estimate of drug-likeness (QED) is 0.881. The minimum Gasteiger partial charge on any atom is -0.383 e. The summed E-state index contributed by atoms with van der Waals surface area (Å²) in [5, 5.41) is 11.2. The van der Waals surface area contributed by atoms with Crippen molar-refractivity contribution in [2.24, 2.45) is 11.7 Å². The Balaban J connectivity index is 2.46. The highest BCUT2D eigenvalue weighted by Crippen LogP contribution is 2.39. The summed E-state index contributed by atoms with van der Waals surface area (Å²) in [5.74, 6) is 0.0186. The average molecular weight is 255 g/mol. The zero-order valence-corrected chi connectivity index (χ0v) is 11.5. The molecule has 2 rings (SSSR count). The van der Waals surface area contributed by atoms with Crippen LogP contribution in [-0.2, 0) is 5.60 Å². The monoisotopic (exact) mass is 255 g/mol. The summed E-state index contributed by atoms with van der Waals surface area (Å²) in [6.45, 7) is 3.99. The van der Waals surface area contributed by atoms with E-state index >= 15 is 0 Å². The summed E-state index contributed by atoms with van der Waals surface area (Å²) < 4.78 is 0. The standard InChI is InChI=1S/C17H21NO/c1-13(2)17(19,15-11-7-4-8-12-15)16(18)14-9-5-3-6-10-14/h3-13,16,19H,18H2,1-2H3. The van der Waals surface area contributed by atoms with Gasteiger partial charge in [0.15, 0.2) is 0 Å². The molecular formula is C17H21NO. The van der Waals surface area contributed by atoms with E-state index in [-0.39, 0.29) is 5.92 Å². The molecule has 19 heavy (non-hydrogen) atoms. The van der Waals surface area contributed by atoms with Crippen molar-refractivity contribution in [1.29, 1.82) is 0 Å². The lowest BCUT2D eigenvalue weighted by atomic mass is 9.75. The van der Waals surface area contributed by atoms with Crippen molar-refractivity contribution >= 4 is 0 Å². The lowest BCUT2D eigenvalue weighted by Crippen LogP contribution is -2.43. The number of hydrogen-bond acceptors (Lipinski definition) is 2. The van der Waals surface area contributed by atoms with Crippen LogP contribution in [0, 0.1) is 5.92 Å². The highest BCUT2D eigenvalue weighted by atomic mass is 16.3. The maximum atomic E-state index is 11.2. The van der Waals surface area contributed by atoms with Gasteiger partial charge in [-0.2, -0.15) is 0 Å². The van der Waals surface area contributed by atoms with Crippen LogP contribution in [0.15, 0.2) is 60.7 Å². The Labute approximate surface area is 114 Å². The second kappa shape index (κ2) is 5.55. The summed E-state index contributed by atoms with van der Waals surface area (Å²) in [7, 11) is 0. The van der Waals surface area contributed by atoms with Crippen molar-refractivity contribution in [3.05, 3.63) is 71.8 Å². The van der Waals surface area contributed by atoms with Gasteiger partial charge in [-0.1, -0.05) is 74.5 Å². The van der Waals surface area contributed by atoms with Crippen LogP contribution in [-0.4, -0.2) is 5.11 Å². The molecule has 0 aliphatic heterocycles. The van der Waals surface area contributed by atoms with Crippen LogP contribution in [0.4, 0.5) is 0 Å². The largest absolute Gasteiger partial charge is 0.383 e. The van der Waals surface area contributed by atoms with E-state index in [2.05, 4.69) is 0 Å². The molecule has 2 unspecified atom stereocenters. The van der Waals surface area contributed by atoms with Crippen LogP contribution >= 0.6 is 0 Å². The summed E-state index contributed by atoms with van der Waals surface area (Å²) in [5.41, 5.74) is 7.10. The van der Waals surface area contributed by atoms with Crippen molar-refractivity contribution in [3.63, 3.8) is 0 Å². The molecule has 0 fully saturated rings. The van der Waals surface area contributed by atoms with Gasteiger partial charge in [-0.25, -0.2) is 0 Å². The Morgan fingerprint density at radius 3 is 1.84 bits per heavy atom. The van der Waals surface area contributed by atoms with Gasteiger partial charge in [0, 0.05) is 0 Å². The molecule has 0 spiro atoms. The lowest BCUT2D eigenvalue weighted by Gasteiger charge is -2.38. The molecular weight excluding hydrogens is 234 g/mol. The molecule has 0 aliphatic carbocycles.